The standard InChI is InChI=1S/C60H104O6/c1-4-7-10-13-16-19-22-25-28-30-32-35-38-41-44-47-50-53-59(62)65-56-57(55-64-58(61)52-49-46-43-40-37-34-27-24-21-18-15-12-9-6-3)66-60(63)54-51-48-45-42-39-36-33-31-29-26-23-20-17-14-11-8-5-2/h15-16,18-19,24-25,27-28,32,35,41,44,57H,4-14,17,20-23,26,29-31,33-34,36-40,42-43,45-56H2,1-3H3/b18-15-,19-16-,27-24-,28-25-,35-32-,44-41-/t57-/m1/s1. The van der Waals surface area contributed by atoms with E-state index < -0.39 is 6.10 Å². The lowest BCUT2D eigenvalue weighted by molar-refractivity contribution is -0.167. The van der Waals surface area contributed by atoms with E-state index in [1.54, 1.807) is 0 Å². The highest BCUT2D eigenvalue weighted by Gasteiger charge is 2.19. The van der Waals surface area contributed by atoms with Crippen LogP contribution in [0.5, 0.6) is 0 Å². The number of rotatable bonds is 50. The summed E-state index contributed by atoms with van der Waals surface area (Å²) in [6, 6.07) is 0. The Hall–Kier alpha value is -3.15. The van der Waals surface area contributed by atoms with Crippen molar-refractivity contribution in [1.29, 1.82) is 0 Å². The van der Waals surface area contributed by atoms with Gasteiger partial charge in [0.15, 0.2) is 6.10 Å². The predicted octanol–water partition coefficient (Wildman–Crippen LogP) is 18.6. The average molecular weight is 921 g/mol. The van der Waals surface area contributed by atoms with Crippen LogP contribution in [0.15, 0.2) is 72.9 Å². The SMILES string of the molecule is CCCC/C=C\C/C=C\CCCCCCCC(=O)OC[C@H](COC(=O)CCC/C=C\C/C=C\C/C=C\C/C=C\CCCCC)OC(=O)CCCCCCCCCCCCCCCCCCC. The van der Waals surface area contributed by atoms with Crippen LogP contribution in [0.2, 0.25) is 0 Å². The highest BCUT2D eigenvalue weighted by molar-refractivity contribution is 5.71. The molecule has 0 saturated carbocycles. The van der Waals surface area contributed by atoms with Crippen LogP contribution in [0, 0.1) is 0 Å². The smallest absolute Gasteiger partial charge is 0.306 e. The predicted molar refractivity (Wildman–Crippen MR) is 284 cm³/mol. The summed E-state index contributed by atoms with van der Waals surface area (Å²) < 4.78 is 16.8. The molecule has 0 aliphatic heterocycles. The zero-order valence-corrected chi connectivity index (χ0v) is 43.4. The molecule has 0 spiro atoms. The fraction of sp³-hybridized carbons (Fsp3) is 0.750. The van der Waals surface area contributed by atoms with E-state index >= 15 is 0 Å². The summed E-state index contributed by atoms with van der Waals surface area (Å²) in [5, 5.41) is 0. The second kappa shape index (κ2) is 54.5. The highest BCUT2D eigenvalue weighted by atomic mass is 16.6. The van der Waals surface area contributed by atoms with Crippen LogP contribution in [0.25, 0.3) is 0 Å². The number of allylic oxidation sites excluding steroid dienone is 12. The molecule has 0 N–H and O–H groups in total. The van der Waals surface area contributed by atoms with Crippen LogP contribution in [-0.2, 0) is 28.6 Å². The quantitative estimate of drug-likeness (QED) is 0.0262. The molecule has 1 atom stereocenters. The van der Waals surface area contributed by atoms with Crippen molar-refractivity contribution in [2.75, 3.05) is 13.2 Å². The normalized spacial score (nSPS) is 12.6. The summed E-state index contributed by atoms with van der Waals surface area (Å²) in [5.74, 6) is -0.961. The molecule has 0 aliphatic carbocycles. The Morgan fingerprint density at radius 3 is 0.985 bits per heavy atom. The fourth-order valence-corrected chi connectivity index (χ4v) is 7.69. The van der Waals surface area contributed by atoms with Gasteiger partial charge in [0.1, 0.15) is 13.2 Å². The van der Waals surface area contributed by atoms with E-state index in [-0.39, 0.29) is 37.5 Å². The first kappa shape index (κ1) is 62.8. The number of carbonyl (C=O) groups is 3. The molecule has 0 bridgehead atoms. The van der Waals surface area contributed by atoms with Crippen molar-refractivity contribution in [2.24, 2.45) is 0 Å². The molecule has 0 amide bonds. The van der Waals surface area contributed by atoms with E-state index in [1.807, 2.05) is 0 Å². The van der Waals surface area contributed by atoms with Crippen LogP contribution in [-0.4, -0.2) is 37.2 Å². The maximum atomic E-state index is 12.8. The van der Waals surface area contributed by atoms with Crippen molar-refractivity contribution in [3.63, 3.8) is 0 Å². The molecule has 6 heteroatoms. The third-order valence-electron chi connectivity index (χ3n) is 11.9. The van der Waals surface area contributed by atoms with Gasteiger partial charge in [-0.05, 0) is 83.5 Å². The van der Waals surface area contributed by atoms with Gasteiger partial charge in [0.2, 0.25) is 0 Å². The van der Waals surface area contributed by atoms with E-state index in [1.165, 1.54) is 135 Å². The second-order valence-electron chi connectivity index (χ2n) is 18.5. The third kappa shape index (κ3) is 51.8. The minimum Gasteiger partial charge on any atom is -0.462 e. The summed E-state index contributed by atoms with van der Waals surface area (Å²) in [6.45, 7) is 6.53. The summed E-state index contributed by atoms with van der Waals surface area (Å²) in [5.41, 5.74) is 0. The first-order chi connectivity index (χ1) is 32.5. The van der Waals surface area contributed by atoms with E-state index in [2.05, 4.69) is 93.7 Å². The molecule has 6 nitrogen and oxygen atoms in total. The van der Waals surface area contributed by atoms with Crippen LogP contribution >= 0.6 is 0 Å². The maximum absolute atomic E-state index is 12.8. The van der Waals surface area contributed by atoms with E-state index in [4.69, 9.17) is 14.2 Å². The molecular formula is C60H104O6. The summed E-state index contributed by atoms with van der Waals surface area (Å²) in [4.78, 5) is 38.1. The average Bonchev–Trinajstić information content (AvgIpc) is 3.31. The lowest BCUT2D eigenvalue weighted by atomic mass is 10.0. The molecule has 0 aliphatic rings. The van der Waals surface area contributed by atoms with Crippen LogP contribution in [0.1, 0.15) is 271 Å². The maximum Gasteiger partial charge on any atom is 0.306 e. The summed E-state index contributed by atoms with van der Waals surface area (Å²) >= 11 is 0. The lowest BCUT2D eigenvalue weighted by Gasteiger charge is -2.18. The van der Waals surface area contributed by atoms with Crippen molar-refractivity contribution >= 4 is 17.9 Å². The van der Waals surface area contributed by atoms with Gasteiger partial charge in [-0.25, -0.2) is 0 Å². The number of hydrogen-bond acceptors (Lipinski definition) is 6. The Morgan fingerprint density at radius 2 is 0.576 bits per heavy atom. The molecule has 0 radical (unpaired) electrons. The number of ether oxygens (including phenoxy) is 3. The minimum atomic E-state index is -0.801. The van der Waals surface area contributed by atoms with Crippen molar-refractivity contribution in [1.82, 2.24) is 0 Å². The first-order valence-electron chi connectivity index (χ1n) is 27.9. The molecule has 380 valence electrons. The van der Waals surface area contributed by atoms with E-state index in [9.17, 15) is 14.4 Å². The second-order valence-corrected chi connectivity index (χ2v) is 18.5. The van der Waals surface area contributed by atoms with E-state index in [0.717, 1.165) is 89.9 Å². The van der Waals surface area contributed by atoms with Gasteiger partial charge >= 0.3 is 17.9 Å². The van der Waals surface area contributed by atoms with Crippen molar-refractivity contribution in [3.05, 3.63) is 72.9 Å². The van der Waals surface area contributed by atoms with Crippen LogP contribution < -0.4 is 0 Å². The zero-order chi connectivity index (χ0) is 47.9. The largest absolute Gasteiger partial charge is 0.462 e. The molecule has 0 aromatic rings. The van der Waals surface area contributed by atoms with Gasteiger partial charge in [0.25, 0.3) is 0 Å². The Kier molecular flexibility index (Phi) is 51.9. The molecule has 0 aromatic carbocycles. The summed E-state index contributed by atoms with van der Waals surface area (Å²) in [6.07, 6.45) is 68.9. The number of esters is 3. The first-order valence-corrected chi connectivity index (χ1v) is 27.9. The highest BCUT2D eigenvalue weighted by Crippen LogP contribution is 2.16. The Morgan fingerprint density at radius 1 is 0.303 bits per heavy atom. The minimum absolute atomic E-state index is 0.0980. The Balaban J connectivity index is 4.46. The van der Waals surface area contributed by atoms with Crippen molar-refractivity contribution < 1.29 is 28.6 Å². The molecule has 66 heavy (non-hydrogen) atoms. The molecule has 0 rings (SSSR count). The van der Waals surface area contributed by atoms with Crippen molar-refractivity contribution in [3.8, 4) is 0 Å². The lowest BCUT2D eigenvalue weighted by Crippen LogP contribution is -2.30. The van der Waals surface area contributed by atoms with Gasteiger partial charge in [0.05, 0.1) is 0 Å². The van der Waals surface area contributed by atoms with Gasteiger partial charge < -0.3 is 14.2 Å². The molecule has 0 saturated heterocycles. The summed E-state index contributed by atoms with van der Waals surface area (Å²) in [7, 11) is 0. The van der Waals surface area contributed by atoms with Gasteiger partial charge in [-0.2, -0.15) is 0 Å². The Labute approximate surface area is 408 Å². The zero-order valence-electron chi connectivity index (χ0n) is 43.4. The Bertz CT molecular complexity index is 1240. The molecule has 0 aromatic heterocycles. The topological polar surface area (TPSA) is 78.9 Å². The van der Waals surface area contributed by atoms with Gasteiger partial charge in [-0.15, -0.1) is 0 Å². The van der Waals surface area contributed by atoms with Gasteiger partial charge in [0, 0.05) is 19.3 Å². The number of carbonyl (C=O) groups excluding carboxylic acids is 3. The monoisotopic (exact) mass is 921 g/mol. The van der Waals surface area contributed by atoms with E-state index in [0.29, 0.717) is 19.3 Å². The molecule has 0 unspecified atom stereocenters. The van der Waals surface area contributed by atoms with Crippen LogP contribution in [0.3, 0.4) is 0 Å². The molecular weight excluding hydrogens is 817 g/mol. The van der Waals surface area contributed by atoms with Gasteiger partial charge in [-0.3, -0.25) is 14.4 Å². The molecule has 0 heterocycles. The fourth-order valence-electron chi connectivity index (χ4n) is 7.69. The van der Waals surface area contributed by atoms with Crippen LogP contribution in [0.4, 0.5) is 0 Å². The van der Waals surface area contributed by atoms with Crippen molar-refractivity contribution in [2.45, 2.75) is 277 Å². The molecule has 0 fully saturated rings. The third-order valence-corrected chi connectivity index (χ3v) is 11.9. The van der Waals surface area contributed by atoms with Gasteiger partial charge in [-0.1, -0.05) is 241 Å². The number of hydrogen-bond donors (Lipinski definition) is 0. The number of unbranched alkanes of at least 4 members (excludes halogenated alkanes) is 27.